The summed E-state index contributed by atoms with van der Waals surface area (Å²) in [4.78, 5) is 28.9. The zero-order chi connectivity index (χ0) is 24.7. The Labute approximate surface area is 196 Å². The number of hydrogen-bond donors (Lipinski definition) is 1. The van der Waals surface area contributed by atoms with Crippen LogP contribution in [0.5, 0.6) is 5.75 Å². The number of carbonyl (C=O) groups is 1. The molecule has 0 saturated carbocycles. The van der Waals surface area contributed by atoms with E-state index in [4.69, 9.17) is 26.5 Å². The number of rotatable bonds is 6. The van der Waals surface area contributed by atoms with Crippen LogP contribution >= 0.6 is 11.6 Å². The van der Waals surface area contributed by atoms with Crippen LogP contribution in [0.25, 0.3) is 22.3 Å². The minimum absolute atomic E-state index is 0.0743. The van der Waals surface area contributed by atoms with Gasteiger partial charge < -0.3 is 14.9 Å². The number of benzene rings is 1. The molecule has 11 heteroatoms. The van der Waals surface area contributed by atoms with Crippen molar-refractivity contribution in [1.82, 2.24) is 14.8 Å². The SMILES string of the molecule is Cc1cc([C@@H](C)Oc2ccc(Cl)nc2C(N)=O)c2oc(-c3cnn(C(F)F)c3)c(C)c(=O)c2c1. The highest BCUT2D eigenvalue weighted by atomic mass is 35.5. The van der Waals surface area contributed by atoms with Gasteiger partial charge in [-0.1, -0.05) is 11.6 Å². The lowest BCUT2D eigenvalue weighted by Crippen LogP contribution is -2.17. The Morgan fingerprint density at radius 1 is 1.26 bits per heavy atom. The molecule has 3 heterocycles. The van der Waals surface area contributed by atoms with E-state index >= 15 is 0 Å². The second kappa shape index (κ2) is 8.86. The van der Waals surface area contributed by atoms with E-state index in [0.29, 0.717) is 15.6 Å². The number of pyridine rings is 1. The fraction of sp³-hybridized carbons (Fsp3) is 0.217. The van der Waals surface area contributed by atoms with Crippen LogP contribution in [0.1, 0.15) is 46.8 Å². The first kappa shape index (κ1) is 23.4. The Kier molecular flexibility index (Phi) is 6.09. The maximum Gasteiger partial charge on any atom is 0.333 e. The number of amides is 1. The number of nitrogens with two attached hydrogens (primary N) is 1. The normalized spacial score (nSPS) is 12.3. The number of ether oxygens (including phenoxy) is 1. The fourth-order valence-electron chi connectivity index (χ4n) is 3.66. The van der Waals surface area contributed by atoms with Gasteiger partial charge in [-0.3, -0.25) is 9.59 Å². The molecule has 3 aromatic heterocycles. The number of fused-ring (bicyclic) bond motifs is 1. The van der Waals surface area contributed by atoms with Crippen LogP contribution in [0.3, 0.4) is 0 Å². The fourth-order valence-corrected chi connectivity index (χ4v) is 3.80. The molecule has 0 saturated heterocycles. The summed E-state index contributed by atoms with van der Waals surface area (Å²) in [6.07, 6.45) is 1.59. The van der Waals surface area contributed by atoms with E-state index in [1.165, 1.54) is 18.3 Å². The van der Waals surface area contributed by atoms with Gasteiger partial charge in [-0.25, -0.2) is 9.67 Å². The van der Waals surface area contributed by atoms with Gasteiger partial charge in [-0.15, -0.1) is 0 Å². The molecule has 4 aromatic rings. The summed E-state index contributed by atoms with van der Waals surface area (Å²) < 4.78 is 38.5. The molecule has 8 nitrogen and oxygen atoms in total. The van der Waals surface area contributed by atoms with Gasteiger partial charge in [0, 0.05) is 17.3 Å². The summed E-state index contributed by atoms with van der Waals surface area (Å²) in [6, 6.07) is 6.36. The highest BCUT2D eigenvalue weighted by Crippen LogP contribution is 2.33. The molecule has 4 rings (SSSR count). The van der Waals surface area contributed by atoms with Gasteiger partial charge in [0.25, 0.3) is 5.91 Å². The van der Waals surface area contributed by atoms with Crippen molar-refractivity contribution in [1.29, 1.82) is 0 Å². The summed E-state index contributed by atoms with van der Waals surface area (Å²) in [5, 5.41) is 4.00. The molecule has 1 aromatic carbocycles. The Morgan fingerprint density at radius 2 is 2.00 bits per heavy atom. The van der Waals surface area contributed by atoms with E-state index in [9.17, 15) is 18.4 Å². The largest absolute Gasteiger partial charge is 0.483 e. The monoisotopic (exact) mass is 488 g/mol. The summed E-state index contributed by atoms with van der Waals surface area (Å²) in [7, 11) is 0. The molecule has 0 aliphatic carbocycles. The van der Waals surface area contributed by atoms with Gasteiger partial charge in [0.1, 0.15) is 22.6 Å². The third-order valence-electron chi connectivity index (χ3n) is 5.25. The van der Waals surface area contributed by atoms with Crippen LogP contribution in [-0.4, -0.2) is 20.7 Å². The van der Waals surface area contributed by atoms with Gasteiger partial charge in [0.05, 0.1) is 17.1 Å². The van der Waals surface area contributed by atoms with Crippen LogP contribution in [0, 0.1) is 13.8 Å². The molecule has 2 N–H and O–H groups in total. The minimum Gasteiger partial charge on any atom is -0.483 e. The van der Waals surface area contributed by atoms with Gasteiger partial charge in [0.15, 0.2) is 16.9 Å². The van der Waals surface area contributed by atoms with E-state index in [1.54, 1.807) is 26.0 Å². The highest BCUT2D eigenvalue weighted by Gasteiger charge is 2.22. The van der Waals surface area contributed by atoms with Gasteiger partial charge in [0.2, 0.25) is 0 Å². The van der Waals surface area contributed by atoms with Gasteiger partial charge >= 0.3 is 6.55 Å². The molecule has 0 aliphatic heterocycles. The third kappa shape index (κ3) is 4.24. The maximum atomic E-state index is 13.2. The van der Waals surface area contributed by atoms with Crippen LogP contribution in [0.4, 0.5) is 8.78 Å². The Hall–Kier alpha value is -3.79. The first-order valence-electron chi connectivity index (χ1n) is 10.1. The molecule has 176 valence electrons. The van der Waals surface area contributed by atoms with Crippen LogP contribution in [0.15, 0.2) is 45.9 Å². The molecule has 0 spiro atoms. The van der Waals surface area contributed by atoms with Crippen molar-refractivity contribution in [2.75, 3.05) is 0 Å². The summed E-state index contributed by atoms with van der Waals surface area (Å²) in [5.41, 5.74) is 6.91. The second-order valence-electron chi connectivity index (χ2n) is 7.71. The number of carbonyl (C=O) groups excluding carboxylic acids is 1. The predicted molar refractivity (Wildman–Crippen MR) is 121 cm³/mol. The van der Waals surface area contributed by atoms with Gasteiger partial charge in [-0.2, -0.15) is 13.9 Å². The molecule has 34 heavy (non-hydrogen) atoms. The first-order valence-corrected chi connectivity index (χ1v) is 10.5. The van der Waals surface area contributed by atoms with Gasteiger partial charge in [-0.05, 0) is 50.6 Å². The van der Waals surface area contributed by atoms with E-state index in [-0.39, 0.29) is 44.5 Å². The smallest absolute Gasteiger partial charge is 0.333 e. The molecule has 0 bridgehead atoms. The number of primary amides is 1. The number of aryl methyl sites for hydroxylation is 1. The zero-order valence-corrected chi connectivity index (χ0v) is 19.1. The minimum atomic E-state index is -2.83. The number of alkyl halides is 2. The average Bonchev–Trinajstić information content (AvgIpc) is 3.27. The topological polar surface area (TPSA) is 113 Å². The molecule has 0 aliphatic rings. The Balaban J connectivity index is 1.87. The summed E-state index contributed by atoms with van der Waals surface area (Å²) in [6.45, 7) is 2.23. The summed E-state index contributed by atoms with van der Waals surface area (Å²) in [5.74, 6) is -0.598. The van der Waals surface area contributed by atoms with Crippen molar-refractivity contribution in [3.63, 3.8) is 0 Å². The van der Waals surface area contributed by atoms with Crippen molar-refractivity contribution < 1.29 is 22.7 Å². The Bertz CT molecular complexity index is 1480. The van der Waals surface area contributed by atoms with Crippen LogP contribution < -0.4 is 15.9 Å². The molecule has 0 fully saturated rings. The molecular formula is C23H19ClF2N4O4. The number of halogens is 3. The van der Waals surface area contributed by atoms with Crippen molar-refractivity contribution in [2.45, 2.75) is 33.4 Å². The first-order chi connectivity index (χ1) is 16.1. The van der Waals surface area contributed by atoms with E-state index in [0.717, 1.165) is 11.8 Å². The lowest BCUT2D eigenvalue weighted by atomic mass is 10.0. The third-order valence-corrected chi connectivity index (χ3v) is 5.47. The lowest BCUT2D eigenvalue weighted by molar-refractivity contribution is 0.0566. The highest BCUT2D eigenvalue weighted by molar-refractivity contribution is 6.29. The zero-order valence-electron chi connectivity index (χ0n) is 18.3. The predicted octanol–water partition coefficient (Wildman–Crippen LogP) is 4.96. The van der Waals surface area contributed by atoms with Crippen molar-refractivity contribution >= 4 is 28.5 Å². The number of hydrogen-bond acceptors (Lipinski definition) is 6. The van der Waals surface area contributed by atoms with Crippen molar-refractivity contribution in [3.8, 4) is 17.1 Å². The van der Waals surface area contributed by atoms with E-state index < -0.39 is 18.6 Å². The van der Waals surface area contributed by atoms with E-state index in [2.05, 4.69) is 10.1 Å². The average molecular weight is 489 g/mol. The van der Waals surface area contributed by atoms with E-state index in [1.807, 2.05) is 6.92 Å². The van der Waals surface area contributed by atoms with Crippen LogP contribution in [0.2, 0.25) is 5.15 Å². The molecule has 0 unspecified atom stereocenters. The lowest BCUT2D eigenvalue weighted by Gasteiger charge is -2.19. The molecule has 1 amide bonds. The van der Waals surface area contributed by atoms with Crippen LogP contribution in [-0.2, 0) is 0 Å². The van der Waals surface area contributed by atoms with Crippen molar-refractivity contribution in [3.05, 3.63) is 74.4 Å². The van der Waals surface area contributed by atoms with Crippen molar-refractivity contribution in [2.24, 2.45) is 5.73 Å². The number of aromatic nitrogens is 3. The summed E-state index contributed by atoms with van der Waals surface area (Å²) >= 11 is 5.86. The Morgan fingerprint density at radius 3 is 2.65 bits per heavy atom. The molecule has 0 radical (unpaired) electrons. The molecule has 1 atom stereocenters. The standard InChI is InChI=1S/C23H19ClF2N4O4/c1-10-6-14(12(3)33-16-4-5-17(24)29-18(16)22(27)32)21-15(7-10)19(31)11(2)20(34-21)13-8-28-30(9-13)23(25)26/h4-9,12,23H,1-3H3,(H2,27,32)/t12-/m1/s1. The molecular weight excluding hydrogens is 470 g/mol. The quantitative estimate of drug-likeness (QED) is 0.384. The maximum absolute atomic E-state index is 13.2. The number of nitrogens with zero attached hydrogens (tertiary/aromatic N) is 3. The second-order valence-corrected chi connectivity index (χ2v) is 8.10.